The van der Waals surface area contributed by atoms with Gasteiger partial charge in [-0.05, 0) is 40.9 Å². The van der Waals surface area contributed by atoms with Crippen molar-refractivity contribution >= 4 is 27.7 Å². The number of ether oxygens (including phenoxy) is 1. The minimum absolute atomic E-state index is 0.672. The maximum atomic E-state index is 5.32. The van der Waals surface area contributed by atoms with Gasteiger partial charge in [-0.1, -0.05) is 6.07 Å². The predicted octanol–water partition coefficient (Wildman–Crippen LogP) is 3.12. The first kappa shape index (κ1) is 10.5. The average molecular weight is 274 g/mol. The Bertz CT molecular complexity index is 302. The fraction of sp³-hybridized carbons (Fsp3) is 0.500. The zero-order chi connectivity index (χ0) is 9.80. The van der Waals surface area contributed by atoms with E-state index in [4.69, 9.17) is 4.74 Å². The van der Waals surface area contributed by atoms with Crippen LogP contribution in [0.2, 0.25) is 0 Å². The second-order valence-electron chi connectivity index (χ2n) is 3.23. The molecule has 0 amide bonds. The van der Waals surface area contributed by atoms with Gasteiger partial charge in [0.05, 0.1) is 5.03 Å². The largest absolute Gasteiger partial charge is 0.381 e. The Kier molecular flexibility index (Phi) is 3.84. The number of rotatable bonds is 2. The summed E-state index contributed by atoms with van der Waals surface area (Å²) in [5.41, 5.74) is 0. The van der Waals surface area contributed by atoms with E-state index in [0.717, 1.165) is 35.7 Å². The van der Waals surface area contributed by atoms with Gasteiger partial charge in [-0.25, -0.2) is 4.98 Å². The van der Waals surface area contributed by atoms with Crippen molar-refractivity contribution in [2.45, 2.75) is 23.1 Å². The summed E-state index contributed by atoms with van der Waals surface area (Å²) in [5, 5.41) is 1.77. The van der Waals surface area contributed by atoms with Crippen LogP contribution in [0, 0.1) is 0 Å². The molecule has 2 nitrogen and oxygen atoms in total. The second-order valence-corrected chi connectivity index (χ2v) is 5.36. The van der Waals surface area contributed by atoms with Crippen LogP contribution in [-0.4, -0.2) is 23.4 Å². The monoisotopic (exact) mass is 273 g/mol. The van der Waals surface area contributed by atoms with Crippen molar-refractivity contribution < 1.29 is 4.74 Å². The molecule has 2 rings (SSSR count). The van der Waals surface area contributed by atoms with E-state index in [1.807, 2.05) is 23.9 Å². The van der Waals surface area contributed by atoms with Crippen LogP contribution in [0.15, 0.2) is 27.8 Å². The second kappa shape index (κ2) is 5.14. The highest BCUT2D eigenvalue weighted by atomic mass is 79.9. The van der Waals surface area contributed by atoms with Gasteiger partial charge in [0.25, 0.3) is 0 Å². The van der Waals surface area contributed by atoms with Gasteiger partial charge >= 0.3 is 0 Å². The third kappa shape index (κ3) is 2.97. The van der Waals surface area contributed by atoms with Gasteiger partial charge in [0.15, 0.2) is 0 Å². The van der Waals surface area contributed by atoms with E-state index < -0.39 is 0 Å². The average Bonchev–Trinajstić information content (AvgIpc) is 2.19. The Hall–Kier alpha value is -0.0600. The molecule has 0 unspecified atom stereocenters. The van der Waals surface area contributed by atoms with E-state index in [2.05, 4.69) is 27.0 Å². The summed E-state index contributed by atoms with van der Waals surface area (Å²) in [6, 6.07) is 6.04. The molecule has 1 saturated heterocycles. The van der Waals surface area contributed by atoms with Crippen LogP contribution >= 0.6 is 27.7 Å². The summed E-state index contributed by atoms with van der Waals surface area (Å²) in [6.07, 6.45) is 2.28. The van der Waals surface area contributed by atoms with Crippen LogP contribution in [0.3, 0.4) is 0 Å². The molecular formula is C10H12BrNOS. The van der Waals surface area contributed by atoms with Crippen LogP contribution < -0.4 is 0 Å². The zero-order valence-corrected chi connectivity index (χ0v) is 10.2. The van der Waals surface area contributed by atoms with E-state index in [9.17, 15) is 0 Å². The van der Waals surface area contributed by atoms with E-state index >= 15 is 0 Å². The molecule has 0 radical (unpaired) electrons. The molecule has 1 aromatic rings. The molecule has 0 N–H and O–H groups in total. The molecule has 14 heavy (non-hydrogen) atoms. The fourth-order valence-corrected chi connectivity index (χ4v) is 2.96. The van der Waals surface area contributed by atoms with Crippen LogP contribution in [-0.2, 0) is 4.74 Å². The van der Waals surface area contributed by atoms with Gasteiger partial charge < -0.3 is 4.74 Å². The lowest BCUT2D eigenvalue weighted by molar-refractivity contribution is 0.1000. The van der Waals surface area contributed by atoms with E-state index in [1.165, 1.54) is 0 Å². The summed E-state index contributed by atoms with van der Waals surface area (Å²) in [7, 11) is 0. The maximum absolute atomic E-state index is 5.32. The lowest BCUT2D eigenvalue weighted by Gasteiger charge is -2.20. The van der Waals surface area contributed by atoms with Crippen molar-refractivity contribution in [1.82, 2.24) is 4.98 Å². The van der Waals surface area contributed by atoms with Crippen LogP contribution in [0.1, 0.15) is 12.8 Å². The molecule has 0 spiro atoms. The number of aromatic nitrogens is 1. The Morgan fingerprint density at radius 1 is 1.36 bits per heavy atom. The summed E-state index contributed by atoms with van der Waals surface area (Å²) in [6.45, 7) is 1.79. The van der Waals surface area contributed by atoms with Gasteiger partial charge in [-0.15, -0.1) is 11.8 Å². The smallest absolute Gasteiger partial charge is 0.107 e. The normalized spacial score (nSPS) is 18.4. The molecule has 0 saturated carbocycles. The van der Waals surface area contributed by atoms with Crippen molar-refractivity contribution in [3.05, 3.63) is 22.8 Å². The van der Waals surface area contributed by atoms with Crippen molar-refractivity contribution in [1.29, 1.82) is 0 Å². The molecule has 76 valence electrons. The standard InChI is InChI=1S/C10H12BrNOS/c11-9-2-1-3-10(12-9)14-8-4-6-13-7-5-8/h1-3,8H,4-7H2. The number of thioether (sulfide) groups is 1. The number of halogens is 1. The molecule has 1 aliphatic rings. The highest BCUT2D eigenvalue weighted by Gasteiger charge is 2.15. The first-order valence-electron chi connectivity index (χ1n) is 4.71. The molecule has 1 fully saturated rings. The molecule has 0 atom stereocenters. The summed E-state index contributed by atoms with van der Waals surface area (Å²) in [5.74, 6) is 0. The summed E-state index contributed by atoms with van der Waals surface area (Å²) in [4.78, 5) is 4.41. The minimum atomic E-state index is 0.672. The van der Waals surface area contributed by atoms with Crippen molar-refractivity contribution in [2.75, 3.05) is 13.2 Å². The summed E-state index contributed by atoms with van der Waals surface area (Å²) >= 11 is 5.24. The van der Waals surface area contributed by atoms with Crippen LogP contribution in [0.25, 0.3) is 0 Å². The highest BCUT2D eigenvalue weighted by Crippen LogP contribution is 2.28. The van der Waals surface area contributed by atoms with Gasteiger partial charge in [-0.2, -0.15) is 0 Å². The Morgan fingerprint density at radius 2 is 2.14 bits per heavy atom. The molecular weight excluding hydrogens is 262 g/mol. The maximum Gasteiger partial charge on any atom is 0.107 e. The van der Waals surface area contributed by atoms with Crippen molar-refractivity contribution in [2.24, 2.45) is 0 Å². The first-order chi connectivity index (χ1) is 6.84. The fourth-order valence-electron chi connectivity index (χ4n) is 1.42. The zero-order valence-electron chi connectivity index (χ0n) is 7.78. The molecule has 0 bridgehead atoms. The molecule has 0 aromatic carbocycles. The van der Waals surface area contributed by atoms with Crippen molar-refractivity contribution in [3.63, 3.8) is 0 Å². The SMILES string of the molecule is Brc1cccc(SC2CCOCC2)n1. The number of pyridine rings is 1. The molecule has 1 aliphatic heterocycles. The number of hydrogen-bond acceptors (Lipinski definition) is 3. The molecule has 1 aromatic heterocycles. The first-order valence-corrected chi connectivity index (χ1v) is 6.39. The van der Waals surface area contributed by atoms with Crippen LogP contribution in [0.4, 0.5) is 0 Å². The third-order valence-corrected chi connectivity index (χ3v) is 3.86. The lowest BCUT2D eigenvalue weighted by Crippen LogP contribution is -2.17. The van der Waals surface area contributed by atoms with E-state index in [1.54, 1.807) is 0 Å². The Balaban J connectivity index is 1.95. The van der Waals surface area contributed by atoms with Gasteiger partial charge in [0, 0.05) is 18.5 Å². The minimum Gasteiger partial charge on any atom is -0.381 e. The van der Waals surface area contributed by atoms with Crippen molar-refractivity contribution in [3.8, 4) is 0 Å². The molecule has 2 heterocycles. The van der Waals surface area contributed by atoms with E-state index in [0.29, 0.717) is 5.25 Å². The topological polar surface area (TPSA) is 22.1 Å². The van der Waals surface area contributed by atoms with Crippen LogP contribution in [0.5, 0.6) is 0 Å². The molecule has 4 heteroatoms. The van der Waals surface area contributed by atoms with Gasteiger partial charge in [0.1, 0.15) is 4.60 Å². The Labute approximate surface area is 96.6 Å². The number of hydrogen-bond donors (Lipinski definition) is 0. The quantitative estimate of drug-likeness (QED) is 0.774. The molecule has 0 aliphatic carbocycles. The lowest BCUT2D eigenvalue weighted by atomic mass is 10.2. The van der Waals surface area contributed by atoms with Gasteiger partial charge in [0.2, 0.25) is 0 Å². The predicted molar refractivity (Wildman–Crippen MR) is 61.6 cm³/mol. The van der Waals surface area contributed by atoms with E-state index in [-0.39, 0.29) is 0 Å². The van der Waals surface area contributed by atoms with Gasteiger partial charge in [-0.3, -0.25) is 0 Å². The summed E-state index contributed by atoms with van der Waals surface area (Å²) < 4.78 is 6.23. The Morgan fingerprint density at radius 3 is 2.86 bits per heavy atom. The highest BCUT2D eigenvalue weighted by molar-refractivity contribution is 9.10. The third-order valence-electron chi connectivity index (χ3n) is 2.15. The number of nitrogens with zero attached hydrogens (tertiary/aromatic N) is 1.